The molecule has 0 radical (unpaired) electrons. The summed E-state index contributed by atoms with van der Waals surface area (Å²) < 4.78 is 10.6. The van der Waals surface area contributed by atoms with Gasteiger partial charge < -0.3 is 14.8 Å². The molecule has 0 saturated heterocycles. The lowest BCUT2D eigenvalue weighted by Gasteiger charge is -2.12. The first-order valence-corrected chi connectivity index (χ1v) is 7.02. The maximum absolute atomic E-state index is 11.6. The minimum atomic E-state index is -1.99. The summed E-state index contributed by atoms with van der Waals surface area (Å²) in [6, 6.07) is 3.18. The Morgan fingerprint density at radius 3 is 2.67 bits per heavy atom. The lowest BCUT2D eigenvalue weighted by atomic mass is 10.1. The first-order chi connectivity index (χ1) is 11.5. The lowest BCUT2D eigenvalue weighted by Crippen LogP contribution is -2.50. The summed E-state index contributed by atoms with van der Waals surface area (Å²) in [7, 11) is 1.51. The van der Waals surface area contributed by atoms with Gasteiger partial charge in [-0.05, 0) is 30.7 Å². The highest BCUT2D eigenvalue weighted by Crippen LogP contribution is 2.28. The zero-order chi connectivity index (χ0) is 17.7. The van der Waals surface area contributed by atoms with Gasteiger partial charge >= 0.3 is 17.9 Å². The highest BCUT2D eigenvalue weighted by Gasteiger charge is 2.41. The molecule has 1 aromatic carbocycles. The molecule has 0 aromatic heterocycles. The van der Waals surface area contributed by atoms with Gasteiger partial charge in [-0.2, -0.15) is 4.99 Å². The minimum Gasteiger partial charge on any atom is -0.493 e. The van der Waals surface area contributed by atoms with Crippen molar-refractivity contribution in [1.29, 1.82) is 0 Å². The maximum atomic E-state index is 11.6. The van der Waals surface area contributed by atoms with Gasteiger partial charge in [0.2, 0.25) is 0 Å². The van der Waals surface area contributed by atoms with E-state index in [-0.39, 0.29) is 5.84 Å². The summed E-state index contributed by atoms with van der Waals surface area (Å²) in [5.74, 6) is -1.06. The SMILES string of the molecule is CCOc1ccc(/C=C/C2=NC(=O)C([N+](=O)[O-])C(=O)N2)cc1OC. The number of amides is 2. The Bertz CT molecular complexity index is 741. The Labute approximate surface area is 137 Å². The van der Waals surface area contributed by atoms with Crippen molar-refractivity contribution in [2.24, 2.45) is 4.99 Å². The third-order valence-electron chi connectivity index (χ3n) is 3.10. The average Bonchev–Trinajstić information content (AvgIpc) is 2.53. The molecule has 24 heavy (non-hydrogen) atoms. The molecule has 1 aliphatic heterocycles. The lowest BCUT2D eigenvalue weighted by molar-refractivity contribution is -0.493. The first-order valence-electron chi connectivity index (χ1n) is 7.02. The fraction of sp³-hybridized carbons (Fsp3) is 0.267. The molecule has 2 rings (SSSR count). The second-order valence-electron chi connectivity index (χ2n) is 4.69. The van der Waals surface area contributed by atoms with Crippen LogP contribution in [-0.4, -0.2) is 42.3 Å². The van der Waals surface area contributed by atoms with Crippen molar-refractivity contribution in [3.8, 4) is 11.5 Å². The van der Waals surface area contributed by atoms with Crippen LogP contribution in [0.5, 0.6) is 11.5 Å². The second-order valence-corrected chi connectivity index (χ2v) is 4.69. The second kappa shape index (κ2) is 7.36. The highest BCUT2D eigenvalue weighted by molar-refractivity contribution is 6.21. The summed E-state index contributed by atoms with van der Waals surface area (Å²) in [6.45, 7) is 2.35. The number of rotatable bonds is 6. The monoisotopic (exact) mass is 333 g/mol. The van der Waals surface area contributed by atoms with Crippen LogP contribution < -0.4 is 14.8 Å². The number of nitrogens with one attached hydrogen (secondary N) is 1. The van der Waals surface area contributed by atoms with Gasteiger partial charge in [-0.15, -0.1) is 0 Å². The molecule has 9 nitrogen and oxygen atoms in total. The number of benzene rings is 1. The molecule has 0 aliphatic carbocycles. The average molecular weight is 333 g/mol. The number of hydrogen-bond donors (Lipinski definition) is 1. The molecule has 1 aliphatic rings. The van der Waals surface area contributed by atoms with Crippen molar-refractivity contribution in [3.05, 3.63) is 40.0 Å². The number of nitrogens with zero attached hydrogens (tertiary/aromatic N) is 2. The first kappa shape index (κ1) is 17.1. The molecular formula is C15H15N3O6. The van der Waals surface area contributed by atoms with Gasteiger partial charge in [0, 0.05) is 4.92 Å². The number of amidine groups is 1. The normalized spacial score (nSPS) is 17.4. The molecule has 1 unspecified atom stereocenters. The Morgan fingerprint density at radius 2 is 2.08 bits per heavy atom. The summed E-state index contributed by atoms with van der Waals surface area (Å²) in [6.07, 6.45) is 2.96. The fourth-order valence-electron chi connectivity index (χ4n) is 2.02. The molecule has 0 fully saturated rings. The molecule has 2 amide bonds. The zero-order valence-electron chi connectivity index (χ0n) is 13.0. The number of nitro groups is 1. The van der Waals surface area contributed by atoms with Gasteiger partial charge in [0.15, 0.2) is 11.5 Å². The molecule has 126 valence electrons. The molecule has 0 saturated carbocycles. The maximum Gasteiger partial charge on any atom is 0.368 e. The summed E-state index contributed by atoms with van der Waals surface area (Å²) in [5.41, 5.74) is 0.705. The van der Waals surface area contributed by atoms with Crippen LogP contribution in [0.1, 0.15) is 12.5 Å². The Hall–Kier alpha value is -3.23. The van der Waals surface area contributed by atoms with E-state index in [4.69, 9.17) is 9.47 Å². The summed E-state index contributed by atoms with van der Waals surface area (Å²) in [5, 5.41) is 12.8. The quantitative estimate of drug-likeness (QED) is 0.467. The third-order valence-corrected chi connectivity index (χ3v) is 3.10. The van der Waals surface area contributed by atoms with Crippen LogP contribution >= 0.6 is 0 Å². The third kappa shape index (κ3) is 3.75. The number of aliphatic imine (C=N–C) groups is 1. The van der Waals surface area contributed by atoms with E-state index in [0.29, 0.717) is 23.7 Å². The van der Waals surface area contributed by atoms with Crippen molar-refractivity contribution in [2.45, 2.75) is 13.0 Å². The van der Waals surface area contributed by atoms with E-state index in [1.54, 1.807) is 24.3 Å². The predicted molar refractivity (Wildman–Crippen MR) is 84.6 cm³/mol. The van der Waals surface area contributed by atoms with Gasteiger partial charge in [-0.25, -0.2) is 0 Å². The number of ether oxygens (including phenoxy) is 2. The van der Waals surface area contributed by atoms with Gasteiger partial charge in [0.25, 0.3) is 0 Å². The van der Waals surface area contributed by atoms with Crippen molar-refractivity contribution >= 4 is 23.7 Å². The summed E-state index contributed by atoms with van der Waals surface area (Å²) in [4.78, 5) is 36.2. The smallest absolute Gasteiger partial charge is 0.368 e. The van der Waals surface area contributed by atoms with Crippen LogP contribution in [0.2, 0.25) is 0 Å². The van der Waals surface area contributed by atoms with Gasteiger partial charge in [-0.3, -0.25) is 19.7 Å². The predicted octanol–water partition coefficient (Wildman–Crippen LogP) is 0.807. The minimum absolute atomic E-state index is 0.0593. The summed E-state index contributed by atoms with van der Waals surface area (Å²) >= 11 is 0. The zero-order valence-corrected chi connectivity index (χ0v) is 13.0. The Morgan fingerprint density at radius 1 is 1.33 bits per heavy atom. The van der Waals surface area contributed by atoms with E-state index in [0.717, 1.165) is 0 Å². The van der Waals surface area contributed by atoms with Crippen molar-refractivity contribution in [3.63, 3.8) is 0 Å². The molecule has 1 aromatic rings. The number of methoxy groups -OCH3 is 1. The van der Waals surface area contributed by atoms with Crippen molar-refractivity contribution < 1.29 is 24.0 Å². The van der Waals surface area contributed by atoms with E-state index in [9.17, 15) is 19.7 Å². The van der Waals surface area contributed by atoms with Crippen LogP contribution in [0.25, 0.3) is 6.08 Å². The van der Waals surface area contributed by atoms with E-state index in [1.807, 2.05) is 6.92 Å². The number of hydrogen-bond acceptors (Lipinski definition) is 6. The van der Waals surface area contributed by atoms with E-state index < -0.39 is 22.8 Å². The molecule has 1 N–H and O–H groups in total. The van der Waals surface area contributed by atoms with Crippen LogP contribution in [0, 0.1) is 10.1 Å². The molecule has 1 heterocycles. The topological polar surface area (TPSA) is 120 Å². The van der Waals surface area contributed by atoms with Crippen LogP contribution in [0.3, 0.4) is 0 Å². The molecule has 1 atom stereocenters. The van der Waals surface area contributed by atoms with Crippen LogP contribution in [-0.2, 0) is 9.59 Å². The Kier molecular flexibility index (Phi) is 5.25. The van der Waals surface area contributed by atoms with Gasteiger partial charge in [0.05, 0.1) is 13.7 Å². The van der Waals surface area contributed by atoms with Gasteiger partial charge in [-0.1, -0.05) is 12.1 Å². The molecule has 9 heteroatoms. The van der Waals surface area contributed by atoms with E-state index >= 15 is 0 Å². The van der Waals surface area contributed by atoms with Gasteiger partial charge in [0.1, 0.15) is 5.84 Å². The standard InChI is InChI=1S/C15H15N3O6/c1-3-24-10-6-4-9(8-11(10)23-2)5-7-12-16-14(19)13(18(21)22)15(20)17-12/h4-8,13H,3H2,1-2H3,(H,16,17,19,20)/b7-5+. The highest BCUT2D eigenvalue weighted by atomic mass is 16.6. The van der Waals surface area contributed by atoms with Crippen LogP contribution in [0.15, 0.2) is 29.3 Å². The molecular weight excluding hydrogens is 318 g/mol. The van der Waals surface area contributed by atoms with E-state index in [1.165, 1.54) is 13.2 Å². The Balaban J connectivity index is 2.19. The molecule has 0 bridgehead atoms. The van der Waals surface area contributed by atoms with Crippen molar-refractivity contribution in [1.82, 2.24) is 5.32 Å². The number of carbonyl (C=O) groups is 2. The largest absolute Gasteiger partial charge is 0.493 e. The van der Waals surface area contributed by atoms with Crippen LogP contribution in [0.4, 0.5) is 0 Å². The van der Waals surface area contributed by atoms with Crippen molar-refractivity contribution in [2.75, 3.05) is 13.7 Å². The number of carbonyl (C=O) groups excluding carboxylic acids is 2. The fourth-order valence-corrected chi connectivity index (χ4v) is 2.02. The molecule has 0 spiro atoms. The van der Waals surface area contributed by atoms with E-state index in [2.05, 4.69) is 10.3 Å².